The van der Waals surface area contributed by atoms with Crippen molar-refractivity contribution < 1.29 is 4.74 Å². The van der Waals surface area contributed by atoms with E-state index in [1.807, 2.05) is 6.92 Å². The Hall–Kier alpha value is 0.250. The van der Waals surface area contributed by atoms with Crippen LogP contribution < -0.4 is 0 Å². The van der Waals surface area contributed by atoms with E-state index in [2.05, 4.69) is 0 Å². The lowest BCUT2D eigenvalue weighted by molar-refractivity contribution is 0.200. The van der Waals surface area contributed by atoms with Crippen LogP contribution in [0.2, 0.25) is 0 Å². The second kappa shape index (κ2) is 7.25. The zero-order valence-electron chi connectivity index (χ0n) is 5.19. The molecule has 2 heteroatoms. The maximum Gasteiger partial charge on any atom is 0.0805 e. The normalized spacial score (nSPS) is 9.75. The Morgan fingerprint density at radius 2 is 2.25 bits per heavy atom. The Kier molecular flexibility index (Phi) is 7.48. The van der Waals surface area contributed by atoms with Crippen LogP contribution in [0.15, 0.2) is 0 Å². The number of alkyl halides is 1. The maximum absolute atomic E-state index is 5.41. The van der Waals surface area contributed by atoms with Gasteiger partial charge in [0.1, 0.15) is 0 Å². The molecule has 0 aromatic heterocycles. The van der Waals surface area contributed by atoms with Gasteiger partial charge in [0.25, 0.3) is 0 Å². The van der Waals surface area contributed by atoms with Crippen molar-refractivity contribution in [3.8, 4) is 0 Å². The van der Waals surface area contributed by atoms with Crippen molar-refractivity contribution in [2.24, 2.45) is 0 Å². The van der Waals surface area contributed by atoms with E-state index in [-0.39, 0.29) is 0 Å². The predicted molar refractivity (Wildman–Crippen MR) is 35.9 cm³/mol. The molecule has 1 nitrogen and oxygen atoms in total. The number of unbranched alkanes of at least 4 members (excludes halogenated alkanes) is 1. The molecule has 49 valence electrons. The number of hydrogen-bond acceptors (Lipinski definition) is 1. The summed E-state index contributed by atoms with van der Waals surface area (Å²) in [5.74, 6) is 0.743. The topological polar surface area (TPSA) is 9.23 Å². The minimum Gasteiger partial charge on any atom is -0.376 e. The molecule has 0 bridgehead atoms. The highest BCUT2D eigenvalue weighted by atomic mass is 35.5. The van der Waals surface area contributed by atoms with Crippen molar-refractivity contribution in [1.29, 1.82) is 0 Å². The summed E-state index contributed by atoms with van der Waals surface area (Å²) in [5.41, 5.74) is 0. The van der Waals surface area contributed by atoms with E-state index in [1.165, 1.54) is 0 Å². The molecule has 8 heavy (non-hydrogen) atoms. The van der Waals surface area contributed by atoms with E-state index in [0.717, 1.165) is 25.3 Å². The molecular formula is C6H12ClO. The van der Waals surface area contributed by atoms with Gasteiger partial charge in [-0.3, -0.25) is 0 Å². The molecular weight excluding hydrogens is 124 g/mol. The van der Waals surface area contributed by atoms with Gasteiger partial charge in [-0.15, -0.1) is 11.6 Å². The third-order valence-corrected chi connectivity index (χ3v) is 1.08. The SMILES string of the molecule is C[CH]OCCCCCl. The Morgan fingerprint density at radius 3 is 2.75 bits per heavy atom. The van der Waals surface area contributed by atoms with Gasteiger partial charge >= 0.3 is 0 Å². The Balaban J connectivity index is 2.53. The maximum atomic E-state index is 5.41. The van der Waals surface area contributed by atoms with Gasteiger partial charge < -0.3 is 4.74 Å². The van der Waals surface area contributed by atoms with Crippen molar-refractivity contribution >= 4 is 11.6 Å². The minimum atomic E-state index is 0.743. The highest BCUT2D eigenvalue weighted by molar-refractivity contribution is 6.17. The third-order valence-electron chi connectivity index (χ3n) is 0.812. The highest BCUT2D eigenvalue weighted by Gasteiger charge is 1.83. The van der Waals surface area contributed by atoms with E-state index in [0.29, 0.717) is 0 Å². The lowest BCUT2D eigenvalue weighted by Crippen LogP contribution is -1.89. The first-order chi connectivity index (χ1) is 3.91. The average molecular weight is 136 g/mol. The molecule has 0 saturated heterocycles. The molecule has 0 saturated carbocycles. The number of hydrogen-bond donors (Lipinski definition) is 0. The molecule has 0 aliphatic rings. The van der Waals surface area contributed by atoms with Crippen LogP contribution in [0.1, 0.15) is 19.8 Å². The molecule has 0 spiro atoms. The zero-order valence-corrected chi connectivity index (χ0v) is 5.95. The lowest BCUT2D eigenvalue weighted by atomic mass is 10.4. The van der Waals surface area contributed by atoms with Crippen molar-refractivity contribution in [1.82, 2.24) is 0 Å². The predicted octanol–water partition coefficient (Wildman–Crippen LogP) is 2.20. The molecule has 0 N–H and O–H groups in total. The fourth-order valence-electron chi connectivity index (χ4n) is 0.398. The van der Waals surface area contributed by atoms with Crippen molar-refractivity contribution in [2.75, 3.05) is 12.5 Å². The van der Waals surface area contributed by atoms with Gasteiger partial charge in [0.05, 0.1) is 6.61 Å². The lowest BCUT2D eigenvalue weighted by Gasteiger charge is -1.95. The number of rotatable bonds is 5. The molecule has 0 aliphatic heterocycles. The fraction of sp³-hybridized carbons (Fsp3) is 0.833. The third kappa shape index (κ3) is 6.25. The molecule has 0 aromatic carbocycles. The standard InChI is InChI=1S/C6H12ClO/c1-2-8-6-4-3-5-7/h2H,3-6H2,1H3. The van der Waals surface area contributed by atoms with Crippen LogP contribution in [0.25, 0.3) is 0 Å². The van der Waals surface area contributed by atoms with Crippen LogP contribution >= 0.6 is 11.6 Å². The van der Waals surface area contributed by atoms with Gasteiger partial charge in [-0.2, -0.15) is 0 Å². The minimum absolute atomic E-state index is 0.743. The van der Waals surface area contributed by atoms with E-state index in [4.69, 9.17) is 16.3 Å². The Morgan fingerprint density at radius 1 is 1.50 bits per heavy atom. The van der Waals surface area contributed by atoms with E-state index in [1.54, 1.807) is 6.61 Å². The van der Waals surface area contributed by atoms with E-state index >= 15 is 0 Å². The monoisotopic (exact) mass is 135 g/mol. The first-order valence-corrected chi connectivity index (χ1v) is 3.40. The summed E-state index contributed by atoms with van der Waals surface area (Å²) in [6.07, 6.45) is 2.11. The van der Waals surface area contributed by atoms with Gasteiger partial charge in [-0.25, -0.2) is 0 Å². The van der Waals surface area contributed by atoms with Crippen molar-refractivity contribution in [2.45, 2.75) is 19.8 Å². The van der Waals surface area contributed by atoms with Gasteiger partial charge in [0.2, 0.25) is 0 Å². The van der Waals surface area contributed by atoms with Gasteiger partial charge in [-0.1, -0.05) is 0 Å². The molecule has 0 unspecified atom stereocenters. The second-order valence-electron chi connectivity index (χ2n) is 1.50. The molecule has 0 rings (SSSR count). The number of ether oxygens (including phenoxy) is 1. The Labute approximate surface area is 56.0 Å². The summed E-state index contributed by atoms with van der Waals surface area (Å²) in [5, 5.41) is 0. The summed E-state index contributed by atoms with van der Waals surface area (Å²) in [6, 6.07) is 0. The van der Waals surface area contributed by atoms with Crippen LogP contribution in [0.4, 0.5) is 0 Å². The largest absolute Gasteiger partial charge is 0.376 e. The van der Waals surface area contributed by atoms with E-state index in [9.17, 15) is 0 Å². The average Bonchev–Trinajstić information content (AvgIpc) is 1.81. The Bertz CT molecular complexity index is 33.5. The highest BCUT2D eigenvalue weighted by Crippen LogP contribution is 1.92. The van der Waals surface area contributed by atoms with Crippen LogP contribution in [0.5, 0.6) is 0 Å². The zero-order chi connectivity index (χ0) is 6.24. The van der Waals surface area contributed by atoms with Crippen molar-refractivity contribution in [3.63, 3.8) is 0 Å². The van der Waals surface area contributed by atoms with Gasteiger partial charge in [-0.05, 0) is 19.8 Å². The molecule has 0 amide bonds. The fourth-order valence-corrected chi connectivity index (χ4v) is 0.587. The van der Waals surface area contributed by atoms with Gasteiger partial charge in [0.15, 0.2) is 0 Å². The summed E-state index contributed by atoms with van der Waals surface area (Å²) in [6.45, 7) is 4.39. The van der Waals surface area contributed by atoms with Crippen LogP contribution in [0, 0.1) is 6.61 Å². The first-order valence-electron chi connectivity index (χ1n) is 2.87. The molecule has 0 atom stereocenters. The summed E-state index contributed by atoms with van der Waals surface area (Å²) < 4.78 is 4.95. The van der Waals surface area contributed by atoms with Crippen molar-refractivity contribution in [3.05, 3.63) is 6.61 Å². The van der Waals surface area contributed by atoms with Crippen LogP contribution in [0.3, 0.4) is 0 Å². The molecule has 1 radical (unpaired) electrons. The molecule has 0 aromatic rings. The van der Waals surface area contributed by atoms with Crippen LogP contribution in [-0.2, 0) is 4.74 Å². The van der Waals surface area contributed by atoms with E-state index < -0.39 is 0 Å². The summed E-state index contributed by atoms with van der Waals surface area (Å²) in [7, 11) is 0. The molecule has 0 aliphatic carbocycles. The van der Waals surface area contributed by atoms with Gasteiger partial charge in [0, 0.05) is 12.5 Å². The second-order valence-corrected chi connectivity index (χ2v) is 1.88. The van der Waals surface area contributed by atoms with Crippen LogP contribution in [-0.4, -0.2) is 12.5 Å². The quantitative estimate of drug-likeness (QED) is 0.415. The number of halogens is 1. The summed E-state index contributed by atoms with van der Waals surface area (Å²) in [4.78, 5) is 0. The molecule has 0 fully saturated rings. The first kappa shape index (κ1) is 8.25. The molecule has 0 heterocycles. The summed E-state index contributed by atoms with van der Waals surface area (Å²) >= 11 is 5.41. The smallest absolute Gasteiger partial charge is 0.0805 e.